The summed E-state index contributed by atoms with van der Waals surface area (Å²) >= 11 is 1.45. The first-order valence-corrected chi connectivity index (χ1v) is 14.7. The van der Waals surface area contributed by atoms with Crippen LogP contribution in [0.25, 0.3) is 10.8 Å². The smallest absolute Gasteiger partial charge is 0.459 e. The Balaban J connectivity index is 1.52. The minimum atomic E-state index is -4.11. The number of methoxy groups -OCH3 is 1. The van der Waals surface area contributed by atoms with Gasteiger partial charge < -0.3 is 25.0 Å². The van der Waals surface area contributed by atoms with E-state index in [1.165, 1.54) is 18.9 Å². The zero-order chi connectivity index (χ0) is 27.4. The highest BCUT2D eigenvalue weighted by Gasteiger charge is 2.41. The van der Waals surface area contributed by atoms with Crippen LogP contribution in [-0.2, 0) is 18.6 Å². The van der Waals surface area contributed by atoms with E-state index in [2.05, 4.69) is 16.7 Å². The number of hydrogen-bond donors (Lipinski definition) is 3. The number of hydrogen-bond acceptors (Lipinski definition) is 10. The number of nitrogens with two attached hydrogens (primary N) is 1. The summed E-state index contributed by atoms with van der Waals surface area (Å²) in [6.07, 6.45) is 3.11. The molecule has 4 N–H and O–H groups in total. The van der Waals surface area contributed by atoms with Crippen molar-refractivity contribution in [1.82, 2.24) is 9.99 Å². The topological polar surface area (TPSA) is 136 Å². The van der Waals surface area contributed by atoms with Gasteiger partial charge in [0.25, 0.3) is 0 Å². The van der Waals surface area contributed by atoms with Crippen LogP contribution in [0.5, 0.6) is 5.75 Å². The van der Waals surface area contributed by atoms with Crippen LogP contribution in [0.15, 0.2) is 72.1 Å². The van der Waals surface area contributed by atoms with Crippen molar-refractivity contribution in [3.8, 4) is 5.75 Å². The van der Waals surface area contributed by atoms with Gasteiger partial charge >= 0.3 is 13.7 Å². The summed E-state index contributed by atoms with van der Waals surface area (Å²) in [4.78, 5) is 18.5. The number of benzene rings is 2. The van der Waals surface area contributed by atoms with Gasteiger partial charge in [0.1, 0.15) is 23.4 Å². The van der Waals surface area contributed by atoms with Crippen LogP contribution in [0.4, 0.5) is 0 Å². The fourth-order valence-corrected chi connectivity index (χ4v) is 7.43. The van der Waals surface area contributed by atoms with Gasteiger partial charge in [0.05, 0.1) is 30.4 Å². The third kappa shape index (κ3) is 6.59. The van der Waals surface area contributed by atoms with Gasteiger partial charge in [-0.05, 0) is 34.9 Å². The lowest BCUT2D eigenvalue weighted by Crippen LogP contribution is -2.41. The molecule has 0 aromatic heterocycles. The van der Waals surface area contributed by atoms with E-state index in [0.717, 1.165) is 10.8 Å². The van der Waals surface area contributed by atoms with Gasteiger partial charge in [0.2, 0.25) is 0 Å². The molecular weight excluding hydrogens is 527 g/mol. The molecule has 2 heterocycles. The third-order valence-corrected chi connectivity index (χ3v) is 9.32. The van der Waals surface area contributed by atoms with Gasteiger partial charge in [-0.1, -0.05) is 50.8 Å². The number of carbonyl (C=O) groups is 1. The normalized spacial score (nSPS) is 23.8. The molecule has 204 valence electrons. The van der Waals surface area contributed by atoms with Crippen LogP contribution < -0.4 is 15.3 Å². The predicted octanol–water partition coefficient (Wildman–Crippen LogP) is 3.98. The van der Waals surface area contributed by atoms with Gasteiger partial charge in [0.15, 0.2) is 0 Å². The van der Waals surface area contributed by atoms with E-state index in [-0.39, 0.29) is 17.9 Å². The van der Waals surface area contributed by atoms with Crippen LogP contribution in [0, 0.1) is 5.92 Å². The number of carbonyl (C=O) groups excluding carboxylic acids is 1. The van der Waals surface area contributed by atoms with Crippen molar-refractivity contribution < 1.29 is 28.3 Å². The second kappa shape index (κ2) is 11.9. The van der Waals surface area contributed by atoms with Crippen molar-refractivity contribution in [3.63, 3.8) is 0 Å². The number of amidine groups is 1. The molecule has 2 aromatic rings. The maximum atomic E-state index is 14.1. The molecule has 0 bridgehead atoms. The van der Waals surface area contributed by atoms with Crippen molar-refractivity contribution in [2.24, 2.45) is 16.6 Å². The average molecular weight is 561 g/mol. The van der Waals surface area contributed by atoms with Gasteiger partial charge in [0, 0.05) is 12.6 Å². The summed E-state index contributed by atoms with van der Waals surface area (Å²) in [6.45, 7) is 7.43. The zero-order valence-electron chi connectivity index (χ0n) is 21.5. The maximum Gasteiger partial charge on any atom is 0.459 e. The molecule has 0 spiro atoms. The van der Waals surface area contributed by atoms with E-state index in [0.29, 0.717) is 23.8 Å². The number of aliphatic hydroxyl groups is 1. The lowest BCUT2D eigenvalue weighted by atomic mass is 10.1. The van der Waals surface area contributed by atoms with Gasteiger partial charge in [-0.25, -0.2) is 9.56 Å². The van der Waals surface area contributed by atoms with Crippen LogP contribution in [0.1, 0.15) is 20.3 Å². The molecule has 2 aliphatic heterocycles. The Hall–Kier alpha value is -2.82. The van der Waals surface area contributed by atoms with E-state index >= 15 is 0 Å². The van der Waals surface area contributed by atoms with E-state index in [1.54, 1.807) is 38.3 Å². The zero-order valence-corrected chi connectivity index (χ0v) is 23.2. The quantitative estimate of drug-likeness (QED) is 0.289. The van der Waals surface area contributed by atoms with E-state index in [1.807, 2.05) is 35.2 Å². The molecule has 38 heavy (non-hydrogen) atoms. The summed E-state index contributed by atoms with van der Waals surface area (Å²) in [5.41, 5.74) is 5.74. The molecule has 2 aliphatic rings. The fraction of sp³-hybridized carbons (Fsp3) is 0.385. The van der Waals surface area contributed by atoms with Crippen LogP contribution in [0.3, 0.4) is 0 Å². The van der Waals surface area contributed by atoms with Crippen molar-refractivity contribution in [2.45, 2.75) is 43.0 Å². The van der Waals surface area contributed by atoms with E-state index < -0.39 is 31.1 Å². The molecule has 5 atom stereocenters. The summed E-state index contributed by atoms with van der Waals surface area (Å²) < 4.78 is 30.8. The summed E-state index contributed by atoms with van der Waals surface area (Å²) in [5.74, 6) is 0.297. The predicted molar refractivity (Wildman–Crippen MR) is 149 cm³/mol. The Bertz CT molecular complexity index is 1300. The lowest BCUT2D eigenvalue weighted by Gasteiger charge is -2.29. The molecule has 4 rings (SSSR count). The minimum absolute atomic E-state index is 0.0956. The van der Waals surface area contributed by atoms with Crippen LogP contribution >= 0.6 is 19.5 Å². The Morgan fingerprint density at radius 1 is 1.32 bits per heavy atom. The SMILES string of the molecule is C=C1N=C(N)C=CN1[C@H]1C[C@@H](O)[C@@H](COP(=O)(N[C@H](C(=O)OC)C(C)C)Oc2ccc3ccccc3c2)S1. The van der Waals surface area contributed by atoms with Gasteiger partial charge in [-0.2, -0.15) is 5.09 Å². The molecule has 1 fully saturated rings. The first-order valence-electron chi connectivity index (χ1n) is 12.2. The highest BCUT2D eigenvalue weighted by molar-refractivity contribution is 8.00. The number of thioether (sulfide) groups is 1. The number of nitrogens with one attached hydrogen (secondary N) is 1. The Kier molecular flexibility index (Phi) is 8.85. The van der Waals surface area contributed by atoms with Crippen molar-refractivity contribution >= 4 is 42.1 Å². The number of esters is 1. The molecule has 0 radical (unpaired) electrons. The van der Waals surface area contributed by atoms with Gasteiger partial charge in [-0.3, -0.25) is 9.32 Å². The largest absolute Gasteiger partial charge is 0.468 e. The average Bonchev–Trinajstić information content (AvgIpc) is 3.25. The Morgan fingerprint density at radius 3 is 2.74 bits per heavy atom. The molecule has 1 saturated heterocycles. The summed E-state index contributed by atoms with van der Waals surface area (Å²) in [7, 11) is -2.84. The Morgan fingerprint density at radius 2 is 2.05 bits per heavy atom. The maximum absolute atomic E-state index is 14.1. The summed E-state index contributed by atoms with van der Waals surface area (Å²) in [5, 5.41) is 14.9. The van der Waals surface area contributed by atoms with E-state index in [4.69, 9.17) is 19.5 Å². The molecule has 10 nitrogen and oxygen atoms in total. The first-order chi connectivity index (χ1) is 18.1. The number of nitrogens with zero attached hydrogens (tertiary/aromatic N) is 2. The standard InChI is InChI=1S/C26H33N4O6PS/c1-16(2)25(26(32)34-4)29-37(33,36-20-10-9-18-7-5-6-8-19(18)13-20)35-15-22-21(31)14-24(38-22)30-12-11-23(27)28-17(30)3/h5-13,16,21-22,24-25,31H,3,14-15H2,1-2,4H3,(H2,27,28)(H,29,33)/t21-,22-,24-,25+,37?/m1/s1. The highest BCUT2D eigenvalue weighted by Crippen LogP contribution is 2.48. The monoisotopic (exact) mass is 560 g/mol. The lowest BCUT2D eigenvalue weighted by molar-refractivity contribution is -0.143. The number of fused-ring (bicyclic) bond motifs is 1. The second-order valence-electron chi connectivity index (χ2n) is 9.38. The molecule has 12 heteroatoms. The van der Waals surface area contributed by atoms with E-state index in [9.17, 15) is 14.5 Å². The number of ether oxygens (including phenoxy) is 1. The second-order valence-corrected chi connectivity index (χ2v) is 12.5. The molecule has 0 saturated carbocycles. The van der Waals surface area contributed by atoms with Crippen molar-refractivity contribution in [3.05, 3.63) is 67.1 Å². The highest BCUT2D eigenvalue weighted by atomic mass is 32.2. The van der Waals surface area contributed by atoms with Crippen LogP contribution in [-0.4, -0.2) is 58.3 Å². The minimum Gasteiger partial charge on any atom is -0.468 e. The van der Waals surface area contributed by atoms with Crippen molar-refractivity contribution in [1.29, 1.82) is 0 Å². The molecule has 1 unspecified atom stereocenters. The third-order valence-electron chi connectivity index (χ3n) is 6.25. The Labute approximate surface area is 226 Å². The van der Waals surface area contributed by atoms with Crippen LogP contribution in [0.2, 0.25) is 0 Å². The van der Waals surface area contributed by atoms with Gasteiger partial charge in [-0.15, -0.1) is 11.8 Å². The molecule has 0 aliphatic carbocycles. The molecular formula is C26H33N4O6PS. The number of aliphatic hydroxyl groups excluding tert-OH is 1. The van der Waals surface area contributed by atoms with Crippen molar-refractivity contribution in [2.75, 3.05) is 13.7 Å². The number of aliphatic imine (C=N–C) groups is 1. The molecule has 0 amide bonds. The summed E-state index contributed by atoms with van der Waals surface area (Å²) in [6, 6.07) is 12.1. The number of rotatable bonds is 10. The first kappa shape index (κ1) is 28.2. The fourth-order valence-electron chi connectivity index (χ4n) is 4.18. The molecule has 2 aromatic carbocycles.